The summed E-state index contributed by atoms with van der Waals surface area (Å²) in [5.41, 5.74) is 8.24. The lowest BCUT2D eigenvalue weighted by Gasteiger charge is -2.27. The van der Waals surface area contributed by atoms with Gasteiger partial charge in [0.05, 0.1) is 18.6 Å². The number of aliphatic hydroxyl groups excluding tert-OH is 1. The monoisotopic (exact) mass is 730 g/mol. The molecule has 0 radical (unpaired) electrons. The SMILES string of the molecule is C[C@@H](O)[C@H](NC(=O)[C@H](Cc1c[nH]c2ccccc12)NC(=O)[C@H](Cc1ccccc1)NC(=O)[C@H](Cc1ccc(O)cc1)NC(=O)[C@@H](N)CC(=O)O)C(=O)O. The molecule has 16 nitrogen and oxygen atoms in total. The summed E-state index contributed by atoms with van der Waals surface area (Å²) < 4.78 is 0. The molecule has 16 heteroatoms. The zero-order valence-electron chi connectivity index (χ0n) is 28.7. The first-order valence-corrected chi connectivity index (χ1v) is 16.7. The first-order valence-electron chi connectivity index (χ1n) is 16.7. The summed E-state index contributed by atoms with van der Waals surface area (Å²) in [6.45, 7) is 1.19. The number of hydrogen-bond donors (Lipinski definition) is 10. The van der Waals surface area contributed by atoms with E-state index >= 15 is 0 Å². The van der Waals surface area contributed by atoms with E-state index in [4.69, 9.17) is 10.8 Å². The summed E-state index contributed by atoms with van der Waals surface area (Å²) in [6.07, 6.45) is -0.871. The van der Waals surface area contributed by atoms with Crippen LogP contribution in [-0.2, 0) is 48.0 Å². The standard InChI is InChI=1S/C37H42N6O10/c1-20(44)32(37(52)53)43-36(51)30(17-23-19-39-27-10-6-5-9-25(23)27)42-35(50)29(15-21-7-3-2-4-8-21)41-34(49)28(16-22-11-13-24(45)14-12-22)40-33(48)26(38)18-31(46)47/h2-14,19-20,26,28-30,32,39,44-45H,15-18,38H2,1H3,(H,40,48)(H,41,49)(H,42,50)(H,43,51)(H,46,47)(H,52,53)/t20-,26+,28+,29+,30+,32+/m1/s1. The molecule has 4 aromatic rings. The van der Waals surface area contributed by atoms with Crippen LogP contribution in [0.3, 0.4) is 0 Å². The number of aromatic amines is 1. The van der Waals surface area contributed by atoms with Gasteiger partial charge >= 0.3 is 11.9 Å². The number of aromatic hydroxyl groups is 1. The number of carbonyl (C=O) groups excluding carboxylic acids is 4. The Kier molecular flexibility index (Phi) is 13.6. The largest absolute Gasteiger partial charge is 0.508 e. The van der Waals surface area contributed by atoms with Crippen molar-refractivity contribution in [2.24, 2.45) is 5.73 Å². The fourth-order valence-electron chi connectivity index (χ4n) is 5.61. The lowest BCUT2D eigenvalue weighted by atomic mass is 10.00. The maximum absolute atomic E-state index is 14.1. The van der Waals surface area contributed by atoms with Crippen LogP contribution in [0.4, 0.5) is 0 Å². The van der Waals surface area contributed by atoms with Crippen LogP contribution in [0, 0.1) is 0 Å². The molecule has 3 aromatic carbocycles. The number of phenols is 1. The summed E-state index contributed by atoms with van der Waals surface area (Å²) in [4.78, 5) is 80.7. The molecule has 0 bridgehead atoms. The molecule has 0 unspecified atom stereocenters. The summed E-state index contributed by atoms with van der Waals surface area (Å²) in [5, 5.41) is 49.3. The zero-order valence-corrected chi connectivity index (χ0v) is 28.7. The number of carboxylic acids is 2. The van der Waals surface area contributed by atoms with Gasteiger partial charge in [-0.25, -0.2) is 4.79 Å². The van der Waals surface area contributed by atoms with Crippen molar-refractivity contribution in [3.8, 4) is 5.75 Å². The second-order valence-electron chi connectivity index (χ2n) is 12.6. The molecular weight excluding hydrogens is 688 g/mol. The van der Waals surface area contributed by atoms with Crippen LogP contribution in [-0.4, -0.2) is 97.3 Å². The highest BCUT2D eigenvalue weighted by Gasteiger charge is 2.34. The van der Waals surface area contributed by atoms with E-state index in [2.05, 4.69) is 26.3 Å². The average Bonchev–Trinajstić information content (AvgIpc) is 3.52. The van der Waals surface area contributed by atoms with Crippen LogP contribution in [0.2, 0.25) is 0 Å². The van der Waals surface area contributed by atoms with Gasteiger partial charge in [-0.15, -0.1) is 0 Å². The van der Waals surface area contributed by atoms with Crippen LogP contribution < -0.4 is 27.0 Å². The van der Waals surface area contributed by atoms with Gasteiger partial charge in [0.15, 0.2) is 6.04 Å². The fraction of sp³-hybridized carbons (Fsp3) is 0.297. The molecule has 0 aliphatic carbocycles. The van der Waals surface area contributed by atoms with Crippen LogP contribution in [0.15, 0.2) is 85.1 Å². The number of aliphatic hydroxyl groups is 1. The Morgan fingerprint density at radius 2 is 1.19 bits per heavy atom. The number of amides is 4. The molecule has 11 N–H and O–H groups in total. The summed E-state index contributed by atoms with van der Waals surface area (Å²) in [5.74, 6) is -6.39. The Balaban J connectivity index is 1.65. The second-order valence-corrected chi connectivity index (χ2v) is 12.6. The molecule has 53 heavy (non-hydrogen) atoms. The highest BCUT2D eigenvalue weighted by molar-refractivity contribution is 5.96. The number of aliphatic carboxylic acids is 2. The quantitative estimate of drug-likeness (QED) is 0.0656. The van der Waals surface area contributed by atoms with Crippen molar-refractivity contribution < 1.29 is 49.2 Å². The number of nitrogens with one attached hydrogen (secondary N) is 5. The van der Waals surface area contributed by atoms with Crippen molar-refractivity contribution >= 4 is 46.5 Å². The maximum atomic E-state index is 14.1. The molecule has 0 aliphatic rings. The molecule has 6 atom stereocenters. The predicted octanol–water partition coefficient (Wildman–Crippen LogP) is 0.108. The van der Waals surface area contributed by atoms with Crippen LogP contribution in [0.1, 0.15) is 30.0 Å². The lowest BCUT2D eigenvalue weighted by molar-refractivity contribution is -0.145. The third-order valence-corrected chi connectivity index (χ3v) is 8.43. The molecule has 0 saturated heterocycles. The van der Waals surface area contributed by atoms with E-state index in [1.807, 2.05) is 12.1 Å². The Labute approximate surface area is 303 Å². The number of H-pyrrole nitrogens is 1. The van der Waals surface area contributed by atoms with E-state index < -0.39 is 78.3 Å². The number of carboxylic acid groups (broad SMARTS) is 2. The van der Waals surface area contributed by atoms with Crippen molar-refractivity contribution in [3.63, 3.8) is 0 Å². The van der Waals surface area contributed by atoms with Gasteiger partial charge in [0.2, 0.25) is 23.6 Å². The first-order chi connectivity index (χ1) is 25.2. The smallest absolute Gasteiger partial charge is 0.328 e. The van der Waals surface area contributed by atoms with Crippen molar-refractivity contribution in [2.75, 3.05) is 0 Å². The molecule has 0 spiro atoms. The van der Waals surface area contributed by atoms with Crippen LogP contribution >= 0.6 is 0 Å². The topological polar surface area (TPSA) is 273 Å². The number of aromatic nitrogens is 1. The molecule has 0 fully saturated rings. The van der Waals surface area contributed by atoms with E-state index in [-0.39, 0.29) is 25.0 Å². The molecule has 1 aromatic heterocycles. The highest BCUT2D eigenvalue weighted by atomic mass is 16.4. The van der Waals surface area contributed by atoms with Gasteiger partial charge in [0.1, 0.15) is 23.9 Å². The van der Waals surface area contributed by atoms with Crippen molar-refractivity contribution in [1.82, 2.24) is 26.3 Å². The van der Waals surface area contributed by atoms with Crippen LogP contribution in [0.5, 0.6) is 5.75 Å². The molecular formula is C37H42N6O10. The number of hydrogen-bond acceptors (Lipinski definition) is 9. The second kappa shape index (κ2) is 18.3. The molecule has 0 aliphatic heterocycles. The number of benzene rings is 3. The van der Waals surface area contributed by atoms with Crippen molar-refractivity contribution in [2.45, 2.75) is 68.9 Å². The molecule has 280 valence electrons. The predicted molar refractivity (Wildman–Crippen MR) is 191 cm³/mol. The Morgan fingerprint density at radius 1 is 0.679 bits per heavy atom. The maximum Gasteiger partial charge on any atom is 0.328 e. The number of fused-ring (bicyclic) bond motifs is 1. The third-order valence-electron chi connectivity index (χ3n) is 8.43. The third kappa shape index (κ3) is 11.4. The van der Waals surface area contributed by atoms with Crippen molar-refractivity contribution in [3.05, 3.63) is 102 Å². The van der Waals surface area contributed by atoms with E-state index in [1.165, 1.54) is 31.2 Å². The van der Waals surface area contributed by atoms with Crippen LogP contribution in [0.25, 0.3) is 10.9 Å². The molecule has 4 rings (SSSR count). The van der Waals surface area contributed by atoms with E-state index in [9.17, 15) is 44.1 Å². The number of phenolic OH excluding ortho intramolecular Hbond substituents is 1. The summed E-state index contributed by atoms with van der Waals surface area (Å²) in [7, 11) is 0. The Morgan fingerprint density at radius 3 is 1.75 bits per heavy atom. The van der Waals surface area contributed by atoms with Gasteiger partial charge in [0.25, 0.3) is 0 Å². The Bertz CT molecular complexity index is 1910. The van der Waals surface area contributed by atoms with E-state index in [0.717, 1.165) is 10.9 Å². The van der Waals surface area contributed by atoms with Gasteiger partial charge < -0.3 is 52.4 Å². The number of para-hydroxylation sites is 1. The molecule has 4 amide bonds. The highest BCUT2D eigenvalue weighted by Crippen LogP contribution is 2.20. The minimum atomic E-state index is -1.69. The normalized spacial score (nSPS) is 14.5. The Hall–Kier alpha value is -6.26. The van der Waals surface area contributed by atoms with Gasteiger partial charge in [-0.1, -0.05) is 60.7 Å². The fourth-order valence-corrected chi connectivity index (χ4v) is 5.61. The number of nitrogens with two attached hydrogens (primary N) is 1. The minimum Gasteiger partial charge on any atom is -0.508 e. The summed E-state index contributed by atoms with van der Waals surface area (Å²) in [6, 6.07) is 14.3. The van der Waals surface area contributed by atoms with E-state index in [1.54, 1.807) is 48.7 Å². The zero-order chi connectivity index (χ0) is 38.7. The average molecular weight is 731 g/mol. The molecule has 0 saturated carbocycles. The van der Waals surface area contributed by atoms with Crippen molar-refractivity contribution in [1.29, 1.82) is 0 Å². The number of carbonyl (C=O) groups is 6. The minimum absolute atomic E-state index is 0.0452. The molecule has 1 heterocycles. The lowest BCUT2D eigenvalue weighted by Crippen LogP contribution is -2.60. The van der Waals surface area contributed by atoms with Gasteiger partial charge in [-0.05, 0) is 41.8 Å². The van der Waals surface area contributed by atoms with Gasteiger partial charge in [-0.3, -0.25) is 24.0 Å². The summed E-state index contributed by atoms with van der Waals surface area (Å²) >= 11 is 0. The number of rotatable bonds is 18. The first kappa shape index (κ1) is 39.5. The van der Waals surface area contributed by atoms with Gasteiger partial charge in [0, 0.05) is 36.4 Å². The van der Waals surface area contributed by atoms with Gasteiger partial charge in [-0.2, -0.15) is 0 Å². The van der Waals surface area contributed by atoms with E-state index in [0.29, 0.717) is 16.7 Å².